The maximum Gasteiger partial charge on any atom is 0.322 e. The Kier molecular flexibility index (Phi) is 7.45. The quantitative estimate of drug-likeness (QED) is 0.477. The SMILES string of the molecule is COc1cc(-c2nnc(NC(=O)c3ccc(S(=O)(=O)N4CCCCC4C)cc3)o2)cc(OC)c1OC. The predicted molar refractivity (Wildman–Crippen MR) is 131 cm³/mol. The molecule has 1 aliphatic rings. The molecule has 1 aromatic heterocycles. The van der Waals surface area contributed by atoms with Crippen molar-refractivity contribution < 1.29 is 31.8 Å². The average Bonchev–Trinajstić information content (AvgIpc) is 3.36. The Hall–Kier alpha value is -3.64. The first-order valence-electron chi connectivity index (χ1n) is 11.4. The van der Waals surface area contributed by atoms with Gasteiger partial charge in [0.2, 0.25) is 21.7 Å². The van der Waals surface area contributed by atoms with Crippen molar-refractivity contribution in [2.45, 2.75) is 37.1 Å². The third kappa shape index (κ3) is 5.00. The van der Waals surface area contributed by atoms with Crippen molar-refractivity contribution in [1.82, 2.24) is 14.5 Å². The van der Waals surface area contributed by atoms with Gasteiger partial charge in [0.15, 0.2) is 11.5 Å². The number of hydrogen-bond donors (Lipinski definition) is 1. The Morgan fingerprint density at radius 1 is 1.03 bits per heavy atom. The molecule has 3 aromatic rings. The second-order valence-corrected chi connectivity index (χ2v) is 10.2. The number of ether oxygens (including phenoxy) is 3. The number of hydrogen-bond acceptors (Lipinski definition) is 9. The lowest BCUT2D eigenvalue weighted by Gasteiger charge is -2.32. The zero-order valence-electron chi connectivity index (χ0n) is 20.5. The third-order valence-corrected chi connectivity index (χ3v) is 8.05. The van der Waals surface area contributed by atoms with Crippen LogP contribution in [-0.4, -0.2) is 62.7 Å². The number of benzene rings is 2. The molecule has 0 radical (unpaired) electrons. The summed E-state index contributed by atoms with van der Waals surface area (Å²) in [5.41, 5.74) is 0.743. The van der Waals surface area contributed by atoms with Crippen molar-refractivity contribution in [3.8, 4) is 28.7 Å². The van der Waals surface area contributed by atoms with Crippen LogP contribution < -0.4 is 19.5 Å². The number of methoxy groups -OCH3 is 3. The molecule has 0 bridgehead atoms. The molecule has 1 unspecified atom stereocenters. The number of carbonyl (C=O) groups is 1. The highest BCUT2D eigenvalue weighted by atomic mass is 32.2. The van der Waals surface area contributed by atoms with Crippen molar-refractivity contribution in [3.05, 3.63) is 42.0 Å². The second-order valence-electron chi connectivity index (χ2n) is 8.27. The maximum atomic E-state index is 13.0. The number of carbonyl (C=O) groups excluding carboxylic acids is 1. The highest BCUT2D eigenvalue weighted by molar-refractivity contribution is 7.89. The zero-order chi connectivity index (χ0) is 25.9. The Labute approximate surface area is 209 Å². The van der Waals surface area contributed by atoms with Crippen LogP contribution in [0.1, 0.15) is 36.5 Å². The van der Waals surface area contributed by atoms with E-state index in [-0.39, 0.29) is 28.4 Å². The molecule has 1 N–H and O–H groups in total. The first-order valence-corrected chi connectivity index (χ1v) is 12.8. The first-order chi connectivity index (χ1) is 17.3. The Bertz CT molecular complexity index is 1310. The van der Waals surface area contributed by atoms with Crippen molar-refractivity contribution in [1.29, 1.82) is 0 Å². The molecule has 11 nitrogen and oxygen atoms in total. The van der Waals surface area contributed by atoms with E-state index in [4.69, 9.17) is 18.6 Å². The van der Waals surface area contributed by atoms with E-state index in [1.165, 1.54) is 49.9 Å². The Morgan fingerprint density at radius 2 is 1.69 bits per heavy atom. The van der Waals surface area contributed by atoms with E-state index in [1.54, 1.807) is 12.1 Å². The van der Waals surface area contributed by atoms with Crippen LogP contribution in [0.25, 0.3) is 11.5 Å². The maximum absolute atomic E-state index is 13.0. The number of anilines is 1. The molecule has 1 saturated heterocycles. The molecule has 192 valence electrons. The number of nitrogens with zero attached hydrogens (tertiary/aromatic N) is 3. The molecule has 1 amide bonds. The molecule has 0 saturated carbocycles. The molecule has 0 spiro atoms. The molecule has 2 aromatic carbocycles. The Balaban J connectivity index is 1.49. The number of piperidine rings is 1. The molecule has 1 aliphatic heterocycles. The number of amides is 1. The largest absolute Gasteiger partial charge is 0.493 e. The summed E-state index contributed by atoms with van der Waals surface area (Å²) in [6, 6.07) is 8.87. The summed E-state index contributed by atoms with van der Waals surface area (Å²) in [7, 11) is 0.852. The molecule has 12 heteroatoms. The van der Waals surface area contributed by atoms with E-state index in [9.17, 15) is 13.2 Å². The van der Waals surface area contributed by atoms with Crippen LogP contribution in [-0.2, 0) is 10.0 Å². The van der Waals surface area contributed by atoms with Crippen LogP contribution in [0.2, 0.25) is 0 Å². The van der Waals surface area contributed by atoms with Crippen LogP contribution in [0.4, 0.5) is 6.01 Å². The smallest absolute Gasteiger partial charge is 0.322 e. The van der Waals surface area contributed by atoms with Gasteiger partial charge in [-0.2, -0.15) is 4.31 Å². The van der Waals surface area contributed by atoms with Gasteiger partial charge in [-0.25, -0.2) is 8.42 Å². The van der Waals surface area contributed by atoms with Gasteiger partial charge in [-0.15, -0.1) is 5.10 Å². The number of sulfonamides is 1. The number of rotatable bonds is 8. The normalized spacial score (nSPS) is 16.4. The summed E-state index contributed by atoms with van der Waals surface area (Å²) in [6.45, 7) is 2.41. The lowest BCUT2D eigenvalue weighted by atomic mass is 10.1. The van der Waals surface area contributed by atoms with Crippen molar-refractivity contribution in [2.75, 3.05) is 33.2 Å². The number of aromatic nitrogens is 2. The monoisotopic (exact) mass is 516 g/mol. The van der Waals surface area contributed by atoms with Crippen LogP contribution in [0, 0.1) is 0 Å². The summed E-state index contributed by atoms with van der Waals surface area (Å²) in [5.74, 6) is 0.832. The minimum Gasteiger partial charge on any atom is -0.493 e. The molecular formula is C24H28N4O7S. The fourth-order valence-electron chi connectivity index (χ4n) is 4.11. The first kappa shape index (κ1) is 25.5. The molecule has 1 fully saturated rings. The van der Waals surface area contributed by atoms with Gasteiger partial charge < -0.3 is 18.6 Å². The van der Waals surface area contributed by atoms with Crippen LogP contribution in [0.15, 0.2) is 45.7 Å². The van der Waals surface area contributed by atoms with Gasteiger partial charge in [0, 0.05) is 23.7 Å². The molecule has 4 rings (SSSR count). The zero-order valence-corrected chi connectivity index (χ0v) is 21.3. The minimum absolute atomic E-state index is 0.0518. The lowest BCUT2D eigenvalue weighted by Crippen LogP contribution is -2.41. The van der Waals surface area contributed by atoms with E-state index in [0.29, 0.717) is 29.4 Å². The van der Waals surface area contributed by atoms with Crippen LogP contribution in [0.3, 0.4) is 0 Å². The van der Waals surface area contributed by atoms with Crippen LogP contribution in [0.5, 0.6) is 17.2 Å². The average molecular weight is 517 g/mol. The van der Waals surface area contributed by atoms with Crippen molar-refractivity contribution >= 4 is 21.9 Å². The molecule has 0 aliphatic carbocycles. The highest BCUT2D eigenvalue weighted by Crippen LogP contribution is 2.41. The topological polar surface area (TPSA) is 133 Å². The van der Waals surface area contributed by atoms with E-state index in [0.717, 1.165) is 19.3 Å². The Morgan fingerprint density at radius 3 is 2.28 bits per heavy atom. The van der Waals surface area contributed by atoms with E-state index in [1.807, 2.05) is 6.92 Å². The summed E-state index contributed by atoms with van der Waals surface area (Å²) < 4.78 is 49.1. The summed E-state index contributed by atoms with van der Waals surface area (Å²) in [6.07, 6.45) is 2.69. The summed E-state index contributed by atoms with van der Waals surface area (Å²) >= 11 is 0. The van der Waals surface area contributed by atoms with E-state index < -0.39 is 15.9 Å². The van der Waals surface area contributed by atoms with Gasteiger partial charge in [-0.3, -0.25) is 10.1 Å². The van der Waals surface area contributed by atoms with Gasteiger partial charge in [0.05, 0.1) is 26.2 Å². The third-order valence-electron chi connectivity index (χ3n) is 6.02. The van der Waals surface area contributed by atoms with Gasteiger partial charge in [-0.05, 0) is 56.2 Å². The van der Waals surface area contributed by atoms with Gasteiger partial charge in [0.1, 0.15) is 0 Å². The summed E-state index contributed by atoms with van der Waals surface area (Å²) in [5, 5.41) is 10.4. The minimum atomic E-state index is -3.63. The predicted octanol–water partition coefficient (Wildman–Crippen LogP) is 3.58. The van der Waals surface area contributed by atoms with E-state index >= 15 is 0 Å². The summed E-state index contributed by atoms with van der Waals surface area (Å²) in [4.78, 5) is 12.9. The molecular weight excluding hydrogens is 488 g/mol. The molecule has 1 atom stereocenters. The number of nitrogens with one attached hydrogen (secondary N) is 1. The van der Waals surface area contributed by atoms with Gasteiger partial charge >= 0.3 is 6.01 Å². The lowest BCUT2D eigenvalue weighted by molar-refractivity contribution is 0.102. The fraction of sp³-hybridized carbons (Fsp3) is 0.375. The standard InChI is InChI=1S/C24H28N4O7S/c1-15-7-5-6-12-28(15)36(30,31)18-10-8-16(9-11-18)22(29)25-24-27-26-23(35-24)17-13-19(32-2)21(34-4)20(14-17)33-3/h8-11,13-15H,5-7,12H2,1-4H3,(H,25,27,29). The second kappa shape index (κ2) is 10.5. The van der Waals surface area contributed by atoms with Gasteiger partial charge in [-0.1, -0.05) is 11.5 Å². The highest BCUT2D eigenvalue weighted by Gasteiger charge is 2.31. The van der Waals surface area contributed by atoms with Crippen molar-refractivity contribution in [2.24, 2.45) is 0 Å². The molecule has 36 heavy (non-hydrogen) atoms. The van der Waals surface area contributed by atoms with Gasteiger partial charge in [0.25, 0.3) is 5.91 Å². The van der Waals surface area contributed by atoms with Crippen LogP contribution >= 0.6 is 0 Å². The molecule has 2 heterocycles. The van der Waals surface area contributed by atoms with E-state index in [2.05, 4.69) is 15.5 Å². The fourth-order valence-corrected chi connectivity index (χ4v) is 5.81. The van der Waals surface area contributed by atoms with Crippen molar-refractivity contribution in [3.63, 3.8) is 0 Å².